The summed E-state index contributed by atoms with van der Waals surface area (Å²) < 4.78 is 7.32. The zero-order valence-electron chi connectivity index (χ0n) is 12.9. The first-order valence-electron chi connectivity index (χ1n) is 7.22. The lowest BCUT2D eigenvalue weighted by Gasteiger charge is -2.10. The molecule has 0 saturated carbocycles. The van der Waals surface area contributed by atoms with Crippen molar-refractivity contribution in [3.05, 3.63) is 53.4 Å². The number of hydrogen-bond donors (Lipinski definition) is 0. The smallest absolute Gasteiger partial charge is 0.237 e. The van der Waals surface area contributed by atoms with Crippen LogP contribution in [0.3, 0.4) is 0 Å². The van der Waals surface area contributed by atoms with Crippen molar-refractivity contribution >= 4 is 11.8 Å². The highest BCUT2D eigenvalue weighted by Crippen LogP contribution is 2.25. The van der Waals surface area contributed by atoms with E-state index in [0.717, 1.165) is 23.1 Å². The van der Waals surface area contributed by atoms with Crippen LogP contribution >= 0.6 is 11.8 Å². The fraction of sp³-hybridized carbons (Fsp3) is 0.312. The van der Waals surface area contributed by atoms with Crippen LogP contribution < -0.4 is 0 Å². The predicted molar refractivity (Wildman–Crippen MR) is 86.3 cm³/mol. The molecule has 0 unspecified atom stereocenters. The van der Waals surface area contributed by atoms with E-state index in [0.29, 0.717) is 11.6 Å². The van der Waals surface area contributed by atoms with Gasteiger partial charge in [0, 0.05) is 18.8 Å². The Balaban J connectivity index is 1.81. The summed E-state index contributed by atoms with van der Waals surface area (Å²) in [6, 6.07) is 6.42. The van der Waals surface area contributed by atoms with Gasteiger partial charge in [-0.25, -0.2) is 4.98 Å². The lowest BCUT2D eigenvalue weighted by atomic mass is 10.1. The van der Waals surface area contributed by atoms with Crippen LogP contribution in [0.15, 0.2) is 40.3 Å². The summed E-state index contributed by atoms with van der Waals surface area (Å²) in [4.78, 5) is 8.77. The predicted octanol–water partition coefficient (Wildman–Crippen LogP) is 3.73. The van der Waals surface area contributed by atoms with Gasteiger partial charge in [-0.05, 0) is 31.0 Å². The van der Waals surface area contributed by atoms with Crippen molar-refractivity contribution in [2.45, 2.75) is 38.1 Å². The third kappa shape index (κ3) is 3.06. The molecule has 0 spiro atoms. The van der Waals surface area contributed by atoms with E-state index >= 15 is 0 Å². The Labute approximate surface area is 133 Å². The van der Waals surface area contributed by atoms with Gasteiger partial charge in [0.25, 0.3) is 0 Å². The monoisotopic (exact) mass is 314 g/mol. The lowest BCUT2D eigenvalue weighted by molar-refractivity contribution is 0.385. The Hall–Kier alpha value is -2.08. The summed E-state index contributed by atoms with van der Waals surface area (Å²) in [5.41, 5.74) is 3.60. The topological polar surface area (TPSA) is 56.7 Å². The number of hydrogen-bond acceptors (Lipinski definition) is 5. The van der Waals surface area contributed by atoms with E-state index in [1.165, 1.54) is 11.1 Å². The minimum Gasteiger partial charge on any atom is -0.338 e. The van der Waals surface area contributed by atoms with Crippen LogP contribution in [0, 0.1) is 13.8 Å². The summed E-state index contributed by atoms with van der Waals surface area (Å²) in [5, 5.41) is 4.84. The van der Waals surface area contributed by atoms with E-state index in [4.69, 9.17) is 4.52 Å². The minimum absolute atomic E-state index is 0.620. The molecule has 2 aromatic heterocycles. The van der Waals surface area contributed by atoms with Gasteiger partial charge in [0.15, 0.2) is 11.0 Å². The molecule has 22 heavy (non-hydrogen) atoms. The van der Waals surface area contributed by atoms with Crippen LogP contribution in [0.25, 0.3) is 5.69 Å². The summed E-state index contributed by atoms with van der Waals surface area (Å²) in [7, 11) is 0. The molecular formula is C16H18N4OS. The highest BCUT2D eigenvalue weighted by atomic mass is 32.2. The van der Waals surface area contributed by atoms with Gasteiger partial charge in [-0.15, -0.1) is 0 Å². The Kier molecular flexibility index (Phi) is 4.29. The molecular weight excluding hydrogens is 296 g/mol. The minimum atomic E-state index is 0.620. The second-order valence-corrected chi connectivity index (χ2v) is 6.06. The number of aryl methyl sites for hydroxylation is 3. The summed E-state index contributed by atoms with van der Waals surface area (Å²) in [5.74, 6) is 2.00. The van der Waals surface area contributed by atoms with E-state index < -0.39 is 0 Å². The van der Waals surface area contributed by atoms with Gasteiger partial charge in [0.05, 0.1) is 11.4 Å². The zero-order chi connectivity index (χ0) is 15.5. The number of thioether (sulfide) groups is 1. The van der Waals surface area contributed by atoms with E-state index in [2.05, 4.69) is 51.7 Å². The second-order valence-electron chi connectivity index (χ2n) is 5.12. The maximum absolute atomic E-state index is 5.22. The van der Waals surface area contributed by atoms with Crippen molar-refractivity contribution < 1.29 is 4.52 Å². The highest BCUT2D eigenvalue weighted by molar-refractivity contribution is 7.98. The fourth-order valence-electron chi connectivity index (χ4n) is 2.18. The van der Waals surface area contributed by atoms with Crippen molar-refractivity contribution in [3.63, 3.8) is 0 Å². The second kappa shape index (κ2) is 6.36. The third-order valence-corrected chi connectivity index (χ3v) is 4.33. The Bertz CT molecular complexity index is 778. The average Bonchev–Trinajstić information content (AvgIpc) is 3.16. The molecule has 0 aliphatic heterocycles. The molecule has 3 rings (SSSR count). The van der Waals surface area contributed by atoms with Crippen molar-refractivity contribution in [3.8, 4) is 5.69 Å². The van der Waals surface area contributed by atoms with Crippen molar-refractivity contribution in [1.82, 2.24) is 19.7 Å². The van der Waals surface area contributed by atoms with Crippen molar-refractivity contribution in [2.75, 3.05) is 0 Å². The van der Waals surface area contributed by atoms with Crippen LogP contribution in [0.5, 0.6) is 0 Å². The molecule has 6 heteroatoms. The molecule has 0 aliphatic carbocycles. The first-order chi connectivity index (χ1) is 10.7. The molecule has 0 fully saturated rings. The van der Waals surface area contributed by atoms with Crippen LogP contribution in [-0.2, 0) is 12.2 Å². The average molecular weight is 314 g/mol. The lowest BCUT2D eigenvalue weighted by Crippen LogP contribution is -1.98. The first-order valence-corrected chi connectivity index (χ1v) is 8.21. The Morgan fingerprint density at radius 1 is 1.27 bits per heavy atom. The van der Waals surface area contributed by atoms with Gasteiger partial charge in [-0.2, -0.15) is 4.98 Å². The third-order valence-electron chi connectivity index (χ3n) is 3.38. The SMILES string of the molecule is CCc1noc(CSc2nccn2-c2cc(C)ccc2C)n1. The van der Waals surface area contributed by atoms with Crippen LogP contribution in [0.2, 0.25) is 0 Å². The molecule has 2 heterocycles. The number of rotatable bonds is 5. The maximum atomic E-state index is 5.22. The summed E-state index contributed by atoms with van der Waals surface area (Å²) in [6.45, 7) is 6.21. The Morgan fingerprint density at radius 3 is 2.91 bits per heavy atom. The van der Waals surface area contributed by atoms with Crippen LogP contribution in [0.4, 0.5) is 0 Å². The van der Waals surface area contributed by atoms with Gasteiger partial charge >= 0.3 is 0 Å². The van der Waals surface area contributed by atoms with Crippen LogP contribution in [-0.4, -0.2) is 19.7 Å². The molecule has 0 amide bonds. The van der Waals surface area contributed by atoms with Crippen LogP contribution in [0.1, 0.15) is 29.8 Å². The van der Waals surface area contributed by atoms with Crippen molar-refractivity contribution in [2.24, 2.45) is 0 Å². The summed E-state index contributed by atoms with van der Waals surface area (Å²) in [6.07, 6.45) is 4.58. The maximum Gasteiger partial charge on any atom is 0.237 e. The normalized spacial score (nSPS) is 11.0. The molecule has 0 aliphatic rings. The fourth-order valence-corrected chi connectivity index (χ4v) is 2.98. The largest absolute Gasteiger partial charge is 0.338 e. The van der Waals surface area contributed by atoms with Gasteiger partial charge < -0.3 is 4.52 Å². The van der Waals surface area contributed by atoms with E-state index in [-0.39, 0.29) is 0 Å². The Morgan fingerprint density at radius 2 is 2.14 bits per heavy atom. The quantitative estimate of drug-likeness (QED) is 0.672. The molecule has 5 nitrogen and oxygen atoms in total. The standard InChI is InChI=1S/C16H18N4OS/c1-4-14-18-15(21-19-14)10-22-16-17-7-8-20(16)13-9-11(2)5-6-12(13)3/h5-9H,4,10H2,1-3H3. The van der Waals surface area contributed by atoms with Gasteiger partial charge in [0.1, 0.15) is 0 Å². The molecule has 0 bridgehead atoms. The van der Waals surface area contributed by atoms with E-state index in [1.807, 2.05) is 19.3 Å². The molecule has 0 saturated heterocycles. The molecule has 1 aromatic carbocycles. The number of imidazole rings is 1. The highest BCUT2D eigenvalue weighted by Gasteiger charge is 2.11. The van der Waals surface area contributed by atoms with Gasteiger partial charge in [-0.3, -0.25) is 4.57 Å². The summed E-state index contributed by atoms with van der Waals surface area (Å²) >= 11 is 1.60. The molecule has 0 atom stereocenters. The molecule has 3 aromatic rings. The van der Waals surface area contributed by atoms with E-state index in [1.54, 1.807) is 11.8 Å². The molecule has 0 radical (unpaired) electrons. The van der Waals surface area contributed by atoms with E-state index in [9.17, 15) is 0 Å². The molecule has 0 N–H and O–H groups in total. The van der Waals surface area contributed by atoms with Gasteiger partial charge in [-0.1, -0.05) is 36.0 Å². The number of aromatic nitrogens is 4. The number of benzene rings is 1. The number of nitrogens with zero attached hydrogens (tertiary/aromatic N) is 4. The van der Waals surface area contributed by atoms with Gasteiger partial charge in [0.2, 0.25) is 5.89 Å². The molecule has 114 valence electrons. The van der Waals surface area contributed by atoms with Crippen molar-refractivity contribution in [1.29, 1.82) is 0 Å². The zero-order valence-corrected chi connectivity index (χ0v) is 13.7. The first kappa shape index (κ1) is 14.8.